The maximum atomic E-state index is 12.4. The number of rotatable bonds is 4. The molecule has 0 fully saturated rings. The second-order valence-electron chi connectivity index (χ2n) is 5.04. The molecule has 5 nitrogen and oxygen atoms in total. The maximum absolute atomic E-state index is 12.4. The summed E-state index contributed by atoms with van der Waals surface area (Å²) in [6.45, 7) is 0. The molecule has 0 aliphatic carbocycles. The van der Waals surface area contributed by atoms with Crippen LogP contribution in [0.1, 0.15) is 5.56 Å². The fraction of sp³-hybridized carbons (Fsp3) is 0.0588. The molecule has 0 aromatic heterocycles. The Labute approximate surface area is 134 Å². The number of hydrazone groups is 1. The summed E-state index contributed by atoms with van der Waals surface area (Å²) in [6.07, 6.45) is 1.64. The molecular weight excluding hydrogens is 312 g/mol. The van der Waals surface area contributed by atoms with Gasteiger partial charge in [-0.25, -0.2) is 13.8 Å². The SMILES string of the molecule is O=C1NN=C(CS(=O)(=O)c2ccccc2)C1=Cc1ccccc1. The molecule has 2 aromatic rings. The van der Waals surface area contributed by atoms with Gasteiger partial charge in [0.15, 0.2) is 9.84 Å². The number of nitrogens with zero attached hydrogens (tertiary/aromatic N) is 1. The number of benzene rings is 2. The van der Waals surface area contributed by atoms with Crippen LogP contribution in [0, 0.1) is 0 Å². The van der Waals surface area contributed by atoms with E-state index in [-0.39, 0.29) is 21.9 Å². The summed E-state index contributed by atoms with van der Waals surface area (Å²) in [5.41, 5.74) is 3.64. The van der Waals surface area contributed by atoms with Crippen molar-refractivity contribution < 1.29 is 13.2 Å². The molecule has 1 heterocycles. The molecule has 0 bridgehead atoms. The van der Waals surface area contributed by atoms with Crippen molar-refractivity contribution in [2.75, 3.05) is 5.75 Å². The van der Waals surface area contributed by atoms with Gasteiger partial charge in [0.2, 0.25) is 0 Å². The van der Waals surface area contributed by atoms with Crippen molar-refractivity contribution in [2.24, 2.45) is 5.10 Å². The van der Waals surface area contributed by atoms with Gasteiger partial charge in [0.1, 0.15) is 0 Å². The van der Waals surface area contributed by atoms with Crippen LogP contribution in [0.15, 0.2) is 76.2 Å². The van der Waals surface area contributed by atoms with Crippen LogP contribution in [0.5, 0.6) is 0 Å². The highest BCUT2D eigenvalue weighted by atomic mass is 32.2. The summed E-state index contributed by atoms with van der Waals surface area (Å²) in [5.74, 6) is -0.721. The molecule has 0 radical (unpaired) electrons. The predicted molar refractivity (Wildman–Crippen MR) is 88.5 cm³/mol. The van der Waals surface area contributed by atoms with Crippen LogP contribution in [-0.4, -0.2) is 25.8 Å². The third-order valence-corrected chi connectivity index (χ3v) is 5.03. The van der Waals surface area contributed by atoms with Gasteiger partial charge in [-0.2, -0.15) is 5.10 Å². The van der Waals surface area contributed by atoms with Crippen molar-refractivity contribution in [1.29, 1.82) is 0 Å². The zero-order valence-corrected chi connectivity index (χ0v) is 13.0. The first-order valence-corrected chi connectivity index (χ1v) is 8.63. The van der Waals surface area contributed by atoms with E-state index in [9.17, 15) is 13.2 Å². The molecule has 6 heteroatoms. The van der Waals surface area contributed by atoms with E-state index in [0.717, 1.165) is 5.56 Å². The Hall–Kier alpha value is -2.73. The minimum Gasteiger partial charge on any atom is -0.267 e. The fourth-order valence-corrected chi connectivity index (χ4v) is 3.55. The molecular formula is C17H14N2O3S. The Morgan fingerprint density at radius 3 is 2.22 bits per heavy atom. The van der Waals surface area contributed by atoms with Gasteiger partial charge in [-0.05, 0) is 23.8 Å². The lowest BCUT2D eigenvalue weighted by atomic mass is 10.1. The van der Waals surface area contributed by atoms with Crippen LogP contribution in [0.3, 0.4) is 0 Å². The molecule has 0 spiro atoms. The summed E-state index contributed by atoms with van der Waals surface area (Å²) >= 11 is 0. The van der Waals surface area contributed by atoms with Crippen LogP contribution >= 0.6 is 0 Å². The minimum atomic E-state index is -3.56. The number of hydrogen-bond donors (Lipinski definition) is 1. The highest BCUT2D eigenvalue weighted by Crippen LogP contribution is 2.17. The quantitative estimate of drug-likeness (QED) is 0.874. The number of carbonyl (C=O) groups excluding carboxylic acids is 1. The predicted octanol–water partition coefficient (Wildman–Crippen LogP) is 2.03. The van der Waals surface area contributed by atoms with Gasteiger partial charge in [0.05, 0.1) is 21.9 Å². The minimum absolute atomic E-state index is 0.209. The second-order valence-corrected chi connectivity index (χ2v) is 7.03. The van der Waals surface area contributed by atoms with E-state index in [2.05, 4.69) is 10.5 Å². The van der Waals surface area contributed by atoms with E-state index in [4.69, 9.17) is 0 Å². The molecule has 0 atom stereocenters. The third-order valence-electron chi connectivity index (χ3n) is 3.39. The van der Waals surface area contributed by atoms with Crippen LogP contribution in [-0.2, 0) is 14.6 Å². The van der Waals surface area contributed by atoms with Crippen molar-refractivity contribution in [2.45, 2.75) is 4.90 Å². The van der Waals surface area contributed by atoms with Crippen molar-refractivity contribution in [1.82, 2.24) is 5.43 Å². The number of nitrogens with one attached hydrogen (secondary N) is 1. The van der Waals surface area contributed by atoms with Gasteiger partial charge < -0.3 is 0 Å². The standard InChI is InChI=1S/C17H14N2O3S/c20-17-15(11-13-7-3-1-4-8-13)16(18-19-17)12-23(21,22)14-9-5-2-6-10-14/h1-11H,12H2,(H,19,20). The Kier molecular flexibility index (Phi) is 4.08. The molecule has 0 saturated heterocycles. The highest BCUT2D eigenvalue weighted by Gasteiger charge is 2.27. The van der Waals surface area contributed by atoms with Gasteiger partial charge in [-0.3, -0.25) is 4.79 Å². The van der Waals surface area contributed by atoms with E-state index >= 15 is 0 Å². The Balaban J connectivity index is 1.91. The Morgan fingerprint density at radius 2 is 1.57 bits per heavy atom. The summed E-state index contributed by atoms with van der Waals surface area (Å²) in [7, 11) is -3.56. The highest BCUT2D eigenvalue weighted by molar-refractivity contribution is 7.92. The number of hydrogen-bond acceptors (Lipinski definition) is 4. The monoisotopic (exact) mass is 326 g/mol. The molecule has 1 amide bonds. The van der Waals surface area contributed by atoms with E-state index < -0.39 is 15.7 Å². The first-order valence-electron chi connectivity index (χ1n) is 6.98. The van der Waals surface area contributed by atoms with Crippen molar-refractivity contribution in [3.63, 3.8) is 0 Å². The van der Waals surface area contributed by atoms with E-state index in [1.165, 1.54) is 12.1 Å². The van der Waals surface area contributed by atoms with E-state index in [1.807, 2.05) is 30.3 Å². The van der Waals surface area contributed by atoms with Crippen LogP contribution in [0.4, 0.5) is 0 Å². The molecule has 0 unspecified atom stereocenters. The Morgan fingerprint density at radius 1 is 0.957 bits per heavy atom. The van der Waals surface area contributed by atoms with Crippen molar-refractivity contribution >= 4 is 27.5 Å². The largest absolute Gasteiger partial charge is 0.273 e. The zero-order chi connectivity index (χ0) is 16.3. The number of carbonyl (C=O) groups is 1. The molecule has 3 rings (SSSR count). The van der Waals surface area contributed by atoms with Gasteiger partial charge in [-0.15, -0.1) is 0 Å². The smallest absolute Gasteiger partial charge is 0.267 e. The number of amides is 1. The van der Waals surface area contributed by atoms with Crippen LogP contribution in [0.2, 0.25) is 0 Å². The summed E-state index contributed by atoms with van der Waals surface area (Å²) in [6, 6.07) is 17.4. The van der Waals surface area contributed by atoms with Gasteiger partial charge in [-0.1, -0.05) is 48.5 Å². The third kappa shape index (κ3) is 3.37. The fourth-order valence-electron chi connectivity index (χ4n) is 2.24. The topological polar surface area (TPSA) is 75.6 Å². The lowest BCUT2D eigenvalue weighted by Crippen LogP contribution is -2.19. The molecule has 23 heavy (non-hydrogen) atoms. The first-order chi connectivity index (χ1) is 11.1. The Bertz CT molecular complexity index is 886. The first kappa shape index (κ1) is 15.2. The summed E-state index contributed by atoms with van der Waals surface area (Å²) in [5, 5.41) is 3.87. The van der Waals surface area contributed by atoms with E-state index in [1.54, 1.807) is 24.3 Å². The molecule has 0 saturated carbocycles. The molecule has 116 valence electrons. The van der Waals surface area contributed by atoms with Gasteiger partial charge in [0, 0.05) is 0 Å². The maximum Gasteiger partial charge on any atom is 0.273 e. The zero-order valence-electron chi connectivity index (χ0n) is 12.1. The second kappa shape index (κ2) is 6.18. The molecule has 2 aromatic carbocycles. The van der Waals surface area contributed by atoms with Crippen molar-refractivity contribution in [3.05, 3.63) is 71.8 Å². The summed E-state index contributed by atoms with van der Waals surface area (Å²) in [4.78, 5) is 12.1. The van der Waals surface area contributed by atoms with Crippen LogP contribution < -0.4 is 5.43 Å². The van der Waals surface area contributed by atoms with Gasteiger partial charge >= 0.3 is 0 Å². The average molecular weight is 326 g/mol. The molecule has 1 aliphatic rings. The van der Waals surface area contributed by atoms with Gasteiger partial charge in [0.25, 0.3) is 5.91 Å². The normalized spacial score (nSPS) is 16.3. The van der Waals surface area contributed by atoms with Crippen LogP contribution in [0.25, 0.3) is 6.08 Å². The lowest BCUT2D eigenvalue weighted by molar-refractivity contribution is -0.116. The molecule has 1 N–H and O–H groups in total. The summed E-state index contributed by atoms with van der Waals surface area (Å²) < 4.78 is 24.9. The lowest BCUT2D eigenvalue weighted by Gasteiger charge is -2.04. The van der Waals surface area contributed by atoms with Crippen molar-refractivity contribution in [3.8, 4) is 0 Å². The average Bonchev–Trinajstić information content (AvgIpc) is 2.89. The molecule has 1 aliphatic heterocycles. The number of sulfone groups is 1. The van der Waals surface area contributed by atoms with E-state index in [0.29, 0.717) is 0 Å².